The van der Waals surface area contributed by atoms with Gasteiger partial charge in [-0.2, -0.15) is 0 Å². The van der Waals surface area contributed by atoms with E-state index in [1.807, 2.05) is 0 Å². The molecule has 0 bridgehead atoms. The van der Waals surface area contributed by atoms with E-state index in [-0.39, 0.29) is 25.9 Å². The zero-order chi connectivity index (χ0) is 56.5. The average molecular weight is 1070 g/mol. The molecule has 0 aromatic carbocycles. The van der Waals surface area contributed by atoms with Gasteiger partial charge in [-0.1, -0.05) is 0 Å². The maximum absolute atomic E-state index is 13.9. The fourth-order valence-electron chi connectivity index (χ4n) is 7.71. The van der Waals surface area contributed by atoms with E-state index in [9.17, 15) is 59.4 Å². The van der Waals surface area contributed by atoms with Gasteiger partial charge in [0.05, 0.1) is 43.0 Å². The van der Waals surface area contributed by atoms with E-state index in [4.69, 9.17) is 42.6 Å². The molecule has 428 valence electrons. The summed E-state index contributed by atoms with van der Waals surface area (Å²) in [5.74, 6) is -1.20. The molecule has 0 radical (unpaired) electrons. The summed E-state index contributed by atoms with van der Waals surface area (Å²) in [4.78, 5) is 78.7. The number of hydrogen-bond donors (Lipinski definition) is 12. The number of alkyl carbamates (subject to hydrolysis) is 5. The van der Waals surface area contributed by atoms with Gasteiger partial charge in [0, 0.05) is 13.1 Å². The van der Waals surface area contributed by atoms with Crippen molar-refractivity contribution in [3.63, 3.8) is 0 Å². The highest BCUT2D eigenvalue weighted by atomic mass is 16.7. The number of hydrogen-bond acceptors (Lipinski definition) is 21. The molecule has 2 aliphatic heterocycles. The van der Waals surface area contributed by atoms with Gasteiger partial charge < -0.3 is 105 Å². The van der Waals surface area contributed by atoms with E-state index in [2.05, 4.69) is 31.9 Å². The summed E-state index contributed by atoms with van der Waals surface area (Å²) < 4.78 is 51.7. The molecule has 27 nitrogen and oxygen atoms in total. The van der Waals surface area contributed by atoms with Gasteiger partial charge in [-0.05, 0) is 123 Å². The van der Waals surface area contributed by atoms with Crippen LogP contribution in [-0.2, 0) is 47.4 Å². The third-order valence-electron chi connectivity index (χ3n) is 10.7. The van der Waals surface area contributed by atoms with Gasteiger partial charge >= 0.3 is 30.5 Å². The van der Waals surface area contributed by atoms with Crippen LogP contribution >= 0.6 is 0 Å². The molecule has 0 spiro atoms. The fraction of sp³-hybridized carbons (Fsp3) is 0.872. The first-order valence-corrected chi connectivity index (χ1v) is 24.6. The van der Waals surface area contributed by atoms with Gasteiger partial charge in [0.15, 0.2) is 12.6 Å². The second-order valence-corrected chi connectivity index (χ2v) is 23.3. The van der Waals surface area contributed by atoms with Crippen LogP contribution in [0.15, 0.2) is 0 Å². The van der Waals surface area contributed by atoms with E-state index >= 15 is 0 Å². The van der Waals surface area contributed by atoms with Crippen molar-refractivity contribution in [2.24, 2.45) is 0 Å². The molecule has 0 aromatic rings. The molecule has 74 heavy (non-hydrogen) atoms. The molecule has 3 fully saturated rings. The molecule has 12 N–H and O–H groups in total. The van der Waals surface area contributed by atoms with Crippen molar-refractivity contribution >= 4 is 36.4 Å². The summed E-state index contributed by atoms with van der Waals surface area (Å²) in [5, 5.41) is 84.2. The third-order valence-corrected chi connectivity index (χ3v) is 10.7. The van der Waals surface area contributed by atoms with Crippen molar-refractivity contribution in [2.45, 2.75) is 243 Å². The maximum Gasteiger partial charge on any atom is 0.408 e. The highest BCUT2D eigenvalue weighted by Gasteiger charge is 2.57. The molecule has 2 saturated heterocycles. The Morgan fingerprint density at radius 2 is 0.946 bits per heavy atom. The largest absolute Gasteiger partial charge is 0.444 e. The number of amides is 6. The normalized spacial score (nSPS) is 30.3. The van der Waals surface area contributed by atoms with Gasteiger partial charge in [-0.15, -0.1) is 0 Å². The second-order valence-electron chi connectivity index (χ2n) is 23.3. The Morgan fingerprint density at radius 3 is 1.43 bits per heavy atom. The summed E-state index contributed by atoms with van der Waals surface area (Å²) in [6.07, 6.45) is -24.9. The lowest BCUT2D eigenvalue weighted by Gasteiger charge is -2.51. The fourth-order valence-corrected chi connectivity index (χ4v) is 7.71. The Bertz CT molecular complexity index is 1880. The molecular weight excluding hydrogens is 985 g/mol. The first-order chi connectivity index (χ1) is 33.8. The van der Waals surface area contributed by atoms with Gasteiger partial charge in [-0.25, -0.2) is 24.0 Å². The number of aliphatic hydroxyl groups excluding tert-OH is 6. The standard InChI is InChI=1S/C47H84N6O21/c1-43(2,3)70-38(61)48-19-18-24(55)35(60)51-27-30(57)28(53-42(65)74-47(13,14)15)34(32(59)33(27)69-37-31(58)26(29(56)25(21-54)67-37)52-41(64)73-46(10,11)12)68-36-23(50-40(63)72-45(7,8)9)17-16-22(66-36)20-49-39(62)71-44(4,5)6/h22-34,36-37,54-59H,16-21H2,1-15H3,(H,48,61)(H,49,62)(H,50,63)(H,51,60)(H,52,64)(H,53,65)/t22-,23?,24-,25?,26-,27?,28-,29+,30-,31?,32?,33-,34?,36+,37+/m0/s1. The van der Waals surface area contributed by atoms with E-state index in [1.165, 1.54) is 0 Å². The van der Waals surface area contributed by atoms with Gasteiger partial charge in [0.1, 0.15) is 70.7 Å². The lowest BCUT2D eigenvalue weighted by molar-refractivity contribution is -0.322. The van der Waals surface area contributed by atoms with Crippen LogP contribution in [-0.4, -0.2) is 206 Å². The highest BCUT2D eigenvalue weighted by molar-refractivity contribution is 5.81. The molecule has 6 unspecified atom stereocenters. The average Bonchev–Trinajstić information content (AvgIpc) is 3.21. The van der Waals surface area contributed by atoms with Crippen LogP contribution in [0.5, 0.6) is 0 Å². The molecular formula is C47H84N6O21. The molecule has 6 amide bonds. The maximum atomic E-state index is 13.9. The van der Waals surface area contributed by atoms with Crippen molar-refractivity contribution < 1.29 is 102 Å². The molecule has 3 rings (SSSR count). The van der Waals surface area contributed by atoms with Crippen LogP contribution in [0.2, 0.25) is 0 Å². The van der Waals surface area contributed by atoms with Crippen molar-refractivity contribution in [1.29, 1.82) is 0 Å². The van der Waals surface area contributed by atoms with Gasteiger partial charge in [0.2, 0.25) is 5.91 Å². The number of rotatable bonds is 15. The molecule has 3 aliphatic rings. The quantitative estimate of drug-likeness (QED) is 0.0988. The molecule has 2 heterocycles. The van der Waals surface area contributed by atoms with Crippen molar-refractivity contribution in [1.82, 2.24) is 31.9 Å². The van der Waals surface area contributed by atoms with Crippen molar-refractivity contribution in [3.8, 4) is 0 Å². The molecule has 0 aromatic heterocycles. The number of aliphatic hydroxyl groups is 6. The topological polar surface area (TPSA) is 379 Å². The smallest absolute Gasteiger partial charge is 0.408 e. The molecule has 15 atom stereocenters. The zero-order valence-corrected chi connectivity index (χ0v) is 45.2. The Labute approximate surface area is 432 Å². The monoisotopic (exact) mass is 1070 g/mol. The SMILES string of the molecule is CC(C)(C)OC(=O)NCC[C@H](O)C(=O)NC1[C@H](O[C@H]2OC(CO)[C@@H](O)[C@H](NC(=O)OC(C)(C)C)C2O)C(O)C(O[C@H]2O[C@H](CNC(=O)OC(C)(C)C)CCC2NC(=O)OC(C)(C)C)[C@@H](NC(=O)OC(C)(C)C)[C@H]1O. The van der Waals surface area contributed by atoms with E-state index < -0.39 is 169 Å². The van der Waals surface area contributed by atoms with Crippen LogP contribution in [0.25, 0.3) is 0 Å². The Balaban J connectivity index is 2.17. The van der Waals surface area contributed by atoms with E-state index in [0.29, 0.717) is 0 Å². The van der Waals surface area contributed by atoms with E-state index in [0.717, 1.165) is 0 Å². The molecule has 1 saturated carbocycles. The minimum Gasteiger partial charge on any atom is -0.444 e. The number of carbonyl (C=O) groups excluding carboxylic acids is 6. The Kier molecular flexibility index (Phi) is 22.4. The molecule has 27 heteroatoms. The minimum atomic E-state index is -2.17. The van der Waals surface area contributed by atoms with Crippen molar-refractivity contribution in [2.75, 3.05) is 19.7 Å². The summed E-state index contributed by atoms with van der Waals surface area (Å²) in [7, 11) is 0. The lowest BCUT2D eigenvalue weighted by atomic mass is 9.80. The van der Waals surface area contributed by atoms with Crippen LogP contribution in [0.4, 0.5) is 24.0 Å². The first-order valence-electron chi connectivity index (χ1n) is 24.6. The highest BCUT2D eigenvalue weighted by Crippen LogP contribution is 2.34. The zero-order valence-electron chi connectivity index (χ0n) is 45.2. The lowest BCUT2D eigenvalue weighted by Crippen LogP contribution is -2.75. The van der Waals surface area contributed by atoms with E-state index in [1.54, 1.807) is 104 Å². The predicted molar refractivity (Wildman–Crippen MR) is 258 cm³/mol. The third kappa shape index (κ3) is 21.2. The molecule has 1 aliphatic carbocycles. The van der Waals surface area contributed by atoms with Gasteiger partial charge in [0.25, 0.3) is 0 Å². The number of carbonyl (C=O) groups is 6. The van der Waals surface area contributed by atoms with Crippen molar-refractivity contribution in [3.05, 3.63) is 0 Å². The van der Waals surface area contributed by atoms with Crippen LogP contribution in [0, 0.1) is 0 Å². The van der Waals surface area contributed by atoms with Crippen LogP contribution < -0.4 is 31.9 Å². The summed E-state index contributed by atoms with van der Waals surface area (Å²) >= 11 is 0. The summed E-state index contributed by atoms with van der Waals surface area (Å²) in [6.45, 7) is 22.7. The first kappa shape index (κ1) is 63.7. The predicted octanol–water partition coefficient (Wildman–Crippen LogP) is 0.401. The second kappa shape index (κ2) is 26.0. The van der Waals surface area contributed by atoms with Gasteiger partial charge in [-0.3, -0.25) is 4.79 Å². The summed E-state index contributed by atoms with van der Waals surface area (Å²) in [5.41, 5.74) is -4.86. The Hall–Kier alpha value is -4.58. The summed E-state index contributed by atoms with van der Waals surface area (Å²) in [6, 6.07) is -6.50. The minimum absolute atomic E-state index is 0.0956. The number of ether oxygens (including phenoxy) is 9. The van der Waals surface area contributed by atoms with Crippen LogP contribution in [0.1, 0.15) is 123 Å². The number of nitrogens with one attached hydrogen (secondary N) is 6. The van der Waals surface area contributed by atoms with Crippen LogP contribution in [0.3, 0.4) is 0 Å². The Morgan fingerprint density at radius 1 is 0.514 bits per heavy atom.